The Morgan fingerprint density at radius 2 is 1.47 bits per heavy atom. The first-order valence-corrected chi connectivity index (χ1v) is 9.54. The molecule has 1 aliphatic rings. The van der Waals surface area contributed by atoms with Gasteiger partial charge in [0.15, 0.2) is 0 Å². The molecule has 0 atom stereocenters. The van der Waals surface area contributed by atoms with Crippen LogP contribution in [0, 0.1) is 0 Å². The molecule has 7 heteroatoms. The van der Waals surface area contributed by atoms with E-state index in [1.807, 2.05) is 60.7 Å². The zero-order chi connectivity index (χ0) is 21.7. The predicted molar refractivity (Wildman–Crippen MR) is 112 cm³/mol. The van der Waals surface area contributed by atoms with Gasteiger partial charge in [0.2, 0.25) is 5.91 Å². The van der Waals surface area contributed by atoms with Gasteiger partial charge in [-0.1, -0.05) is 54.6 Å². The van der Waals surface area contributed by atoms with Crippen molar-refractivity contribution >= 4 is 41.5 Å². The molecule has 2 aromatic carbocycles. The van der Waals surface area contributed by atoms with Gasteiger partial charge in [-0.3, -0.25) is 14.4 Å². The summed E-state index contributed by atoms with van der Waals surface area (Å²) < 4.78 is 0. The van der Waals surface area contributed by atoms with E-state index in [1.165, 1.54) is 0 Å². The molecule has 0 saturated heterocycles. The SMILES string of the molecule is CC(=O)N(OC(=O)CCC(=O)N1Cc2ccccc2/C=C\c2ccccc21)C(C)=O. The fraction of sp³-hybridized carbons (Fsp3) is 0.217. The first kappa shape index (κ1) is 21.0. The van der Waals surface area contributed by atoms with Gasteiger partial charge in [-0.25, -0.2) is 4.79 Å². The summed E-state index contributed by atoms with van der Waals surface area (Å²) in [7, 11) is 0. The molecule has 1 aliphatic heterocycles. The molecule has 154 valence electrons. The number of rotatable bonds is 3. The van der Waals surface area contributed by atoms with E-state index in [9.17, 15) is 19.2 Å². The Kier molecular flexibility index (Phi) is 6.41. The van der Waals surface area contributed by atoms with Crippen molar-refractivity contribution in [2.45, 2.75) is 33.2 Å². The number of fused-ring (bicyclic) bond motifs is 2. The maximum atomic E-state index is 13.0. The Bertz CT molecular complexity index is 1010. The van der Waals surface area contributed by atoms with E-state index in [1.54, 1.807) is 4.90 Å². The molecular weight excluding hydrogens is 384 g/mol. The minimum absolute atomic E-state index is 0.122. The molecule has 0 unspecified atom stereocenters. The van der Waals surface area contributed by atoms with E-state index < -0.39 is 17.8 Å². The van der Waals surface area contributed by atoms with Gasteiger partial charge in [-0.15, -0.1) is 5.06 Å². The number of hydrogen-bond acceptors (Lipinski definition) is 5. The maximum absolute atomic E-state index is 13.0. The van der Waals surface area contributed by atoms with Crippen LogP contribution < -0.4 is 4.90 Å². The van der Waals surface area contributed by atoms with Crippen LogP contribution in [0.25, 0.3) is 12.2 Å². The standard InChI is InChI=1S/C23H22N2O5/c1-16(26)25(17(2)27)30-23(29)14-13-22(28)24-15-20-9-4-3-7-18(20)11-12-19-8-5-6-10-21(19)24/h3-12H,13-15H2,1-2H3/b12-11-. The Balaban J connectivity index is 1.78. The Hall–Kier alpha value is -3.74. The van der Waals surface area contributed by atoms with Crippen LogP contribution in [0.5, 0.6) is 0 Å². The highest BCUT2D eigenvalue weighted by Crippen LogP contribution is 2.29. The first-order chi connectivity index (χ1) is 14.4. The fourth-order valence-corrected chi connectivity index (χ4v) is 3.21. The summed E-state index contributed by atoms with van der Waals surface area (Å²) in [6.07, 6.45) is 3.60. The average Bonchev–Trinajstić information content (AvgIpc) is 2.71. The Labute approximate surface area is 174 Å². The number of carbonyl (C=O) groups is 4. The summed E-state index contributed by atoms with van der Waals surface area (Å²) in [4.78, 5) is 54.3. The minimum atomic E-state index is -0.825. The van der Waals surface area contributed by atoms with Gasteiger partial charge in [-0.05, 0) is 22.8 Å². The Morgan fingerprint density at radius 3 is 2.17 bits per heavy atom. The summed E-state index contributed by atoms with van der Waals surface area (Å²) in [6, 6.07) is 15.3. The maximum Gasteiger partial charge on any atom is 0.333 e. The Morgan fingerprint density at radius 1 is 0.867 bits per heavy atom. The number of nitrogens with zero attached hydrogens (tertiary/aromatic N) is 2. The summed E-state index contributed by atoms with van der Waals surface area (Å²) >= 11 is 0. The van der Waals surface area contributed by atoms with E-state index in [0.29, 0.717) is 11.6 Å². The molecule has 0 aliphatic carbocycles. The lowest BCUT2D eigenvalue weighted by atomic mass is 10.0. The lowest BCUT2D eigenvalue weighted by molar-refractivity contribution is -0.200. The smallest absolute Gasteiger partial charge is 0.330 e. The van der Waals surface area contributed by atoms with E-state index in [-0.39, 0.29) is 18.7 Å². The van der Waals surface area contributed by atoms with Crippen molar-refractivity contribution in [3.63, 3.8) is 0 Å². The quantitative estimate of drug-likeness (QED) is 0.730. The van der Waals surface area contributed by atoms with Crippen LogP contribution in [-0.2, 0) is 30.6 Å². The number of hydrogen-bond donors (Lipinski definition) is 0. The largest absolute Gasteiger partial charge is 0.333 e. The second kappa shape index (κ2) is 9.17. The van der Waals surface area contributed by atoms with Crippen molar-refractivity contribution in [1.82, 2.24) is 5.06 Å². The summed E-state index contributed by atoms with van der Waals surface area (Å²) in [5, 5.41) is 0.388. The van der Waals surface area contributed by atoms with E-state index in [2.05, 4.69) is 0 Å². The topological polar surface area (TPSA) is 84.0 Å². The summed E-state index contributed by atoms with van der Waals surface area (Å²) in [6.45, 7) is 2.59. The van der Waals surface area contributed by atoms with Crippen molar-refractivity contribution < 1.29 is 24.0 Å². The summed E-state index contributed by atoms with van der Waals surface area (Å²) in [5.41, 5.74) is 3.64. The number of carbonyl (C=O) groups excluding carboxylic acids is 4. The first-order valence-electron chi connectivity index (χ1n) is 9.54. The zero-order valence-electron chi connectivity index (χ0n) is 16.8. The number of amides is 3. The van der Waals surface area contributed by atoms with E-state index in [0.717, 1.165) is 36.2 Å². The molecular formula is C23H22N2O5. The van der Waals surface area contributed by atoms with Crippen LogP contribution in [0.3, 0.4) is 0 Å². The van der Waals surface area contributed by atoms with Crippen molar-refractivity contribution in [2.24, 2.45) is 0 Å². The lowest BCUT2D eigenvalue weighted by Gasteiger charge is -2.27. The third-order valence-electron chi connectivity index (χ3n) is 4.66. The molecule has 3 amide bonds. The van der Waals surface area contributed by atoms with Crippen LogP contribution in [-0.4, -0.2) is 28.8 Å². The number of imide groups is 1. The molecule has 0 saturated carbocycles. The molecule has 0 bridgehead atoms. The van der Waals surface area contributed by atoms with Crippen molar-refractivity contribution in [1.29, 1.82) is 0 Å². The third-order valence-corrected chi connectivity index (χ3v) is 4.66. The van der Waals surface area contributed by atoms with Gasteiger partial charge in [-0.2, -0.15) is 0 Å². The molecule has 1 heterocycles. The molecule has 0 radical (unpaired) electrons. The predicted octanol–water partition coefficient (Wildman–Crippen LogP) is 3.34. The van der Waals surface area contributed by atoms with Gasteiger partial charge in [0.05, 0.1) is 18.7 Å². The number of anilines is 1. The van der Waals surface area contributed by atoms with E-state index >= 15 is 0 Å². The highest BCUT2D eigenvalue weighted by molar-refractivity contribution is 5.98. The van der Waals surface area contributed by atoms with Crippen LogP contribution in [0.2, 0.25) is 0 Å². The molecule has 0 N–H and O–H groups in total. The second-order valence-electron chi connectivity index (χ2n) is 6.87. The van der Waals surface area contributed by atoms with Crippen LogP contribution in [0.4, 0.5) is 5.69 Å². The average molecular weight is 406 g/mol. The zero-order valence-corrected chi connectivity index (χ0v) is 16.8. The highest BCUT2D eigenvalue weighted by Gasteiger charge is 2.24. The molecule has 0 aromatic heterocycles. The van der Waals surface area contributed by atoms with E-state index in [4.69, 9.17) is 4.84 Å². The minimum Gasteiger partial charge on any atom is -0.330 e. The monoisotopic (exact) mass is 406 g/mol. The lowest BCUT2D eigenvalue weighted by Crippen LogP contribution is -2.36. The molecule has 2 aromatic rings. The van der Waals surface area contributed by atoms with Gasteiger partial charge >= 0.3 is 5.97 Å². The fourth-order valence-electron chi connectivity index (χ4n) is 3.21. The molecule has 7 nitrogen and oxygen atoms in total. The van der Waals surface area contributed by atoms with Crippen molar-refractivity contribution in [3.8, 4) is 0 Å². The van der Waals surface area contributed by atoms with Gasteiger partial charge in [0.1, 0.15) is 0 Å². The number of hydroxylamine groups is 2. The number of benzene rings is 2. The third kappa shape index (κ3) is 4.81. The number of para-hydroxylation sites is 1. The van der Waals surface area contributed by atoms with Crippen LogP contribution >= 0.6 is 0 Å². The normalized spacial score (nSPS) is 13.2. The molecule has 0 fully saturated rings. The second-order valence-corrected chi connectivity index (χ2v) is 6.87. The summed E-state index contributed by atoms with van der Waals surface area (Å²) in [5.74, 6) is -2.50. The molecule has 0 spiro atoms. The molecule has 30 heavy (non-hydrogen) atoms. The highest BCUT2D eigenvalue weighted by atomic mass is 16.7. The van der Waals surface area contributed by atoms with Crippen LogP contribution in [0.15, 0.2) is 48.5 Å². The van der Waals surface area contributed by atoms with Crippen molar-refractivity contribution in [2.75, 3.05) is 4.90 Å². The molecule has 3 rings (SSSR count). The van der Waals surface area contributed by atoms with Crippen LogP contribution in [0.1, 0.15) is 43.4 Å². The van der Waals surface area contributed by atoms with Crippen molar-refractivity contribution in [3.05, 3.63) is 65.2 Å². The van der Waals surface area contributed by atoms with Gasteiger partial charge in [0, 0.05) is 20.3 Å². The van der Waals surface area contributed by atoms with Gasteiger partial charge < -0.3 is 9.74 Å². The van der Waals surface area contributed by atoms with Gasteiger partial charge in [0.25, 0.3) is 11.8 Å².